The molecule has 0 aliphatic heterocycles. The Labute approximate surface area is 120 Å². The number of aromatic carboxylic acids is 1. The van der Waals surface area contributed by atoms with Crippen molar-refractivity contribution in [3.63, 3.8) is 0 Å². The number of ether oxygens (including phenoxy) is 2. The molecule has 20 heavy (non-hydrogen) atoms. The number of hydrogen-bond donors (Lipinski definition) is 1. The molecule has 1 aromatic carbocycles. The van der Waals surface area contributed by atoms with Gasteiger partial charge in [-0.25, -0.2) is 9.78 Å². The number of carboxylic acid groups (broad SMARTS) is 1. The van der Waals surface area contributed by atoms with Gasteiger partial charge in [0.2, 0.25) is 0 Å². The Kier molecular flexibility index (Phi) is 4.57. The summed E-state index contributed by atoms with van der Waals surface area (Å²) in [6.45, 7) is 4.49. The van der Waals surface area contributed by atoms with Gasteiger partial charge in [-0.05, 0) is 38.1 Å². The minimum atomic E-state index is -0.952. The minimum absolute atomic E-state index is 0.257. The molecule has 0 atom stereocenters. The summed E-state index contributed by atoms with van der Waals surface area (Å²) in [7, 11) is 0. The maximum Gasteiger partial charge on any atom is 0.347 e. The van der Waals surface area contributed by atoms with E-state index in [9.17, 15) is 4.79 Å². The molecule has 6 heteroatoms. The summed E-state index contributed by atoms with van der Waals surface area (Å²) in [4.78, 5) is 15.4. The molecular weight excluding hydrogens is 278 g/mol. The summed E-state index contributed by atoms with van der Waals surface area (Å²) in [5.74, 6) is 0.531. The van der Waals surface area contributed by atoms with Gasteiger partial charge >= 0.3 is 5.97 Å². The standard InChI is InChI=1S/C14H15NO4S/c1-3-18-10-4-6-11(7-5-10)19-8-12-15-9(2)13(20-12)14(16)17/h4-7H,3,8H2,1-2H3,(H,16,17). The molecule has 5 nitrogen and oxygen atoms in total. The summed E-state index contributed by atoms with van der Waals surface area (Å²) in [6.07, 6.45) is 0. The van der Waals surface area contributed by atoms with Crippen molar-refractivity contribution in [2.45, 2.75) is 20.5 Å². The number of thiazole rings is 1. The summed E-state index contributed by atoms with van der Waals surface area (Å²) in [5.41, 5.74) is 0.521. The molecular formula is C14H15NO4S. The third kappa shape index (κ3) is 3.48. The van der Waals surface area contributed by atoms with Crippen LogP contribution in [0.25, 0.3) is 0 Å². The van der Waals surface area contributed by atoms with E-state index in [4.69, 9.17) is 14.6 Å². The maximum absolute atomic E-state index is 10.9. The number of benzene rings is 1. The van der Waals surface area contributed by atoms with E-state index in [1.54, 1.807) is 6.92 Å². The largest absolute Gasteiger partial charge is 0.494 e. The molecule has 0 amide bonds. The molecule has 0 spiro atoms. The number of aromatic nitrogens is 1. The van der Waals surface area contributed by atoms with E-state index in [-0.39, 0.29) is 11.5 Å². The van der Waals surface area contributed by atoms with Crippen LogP contribution in [0.5, 0.6) is 11.5 Å². The van der Waals surface area contributed by atoms with Crippen LogP contribution in [-0.4, -0.2) is 22.7 Å². The van der Waals surface area contributed by atoms with Crippen LogP contribution in [-0.2, 0) is 6.61 Å². The molecule has 106 valence electrons. The SMILES string of the molecule is CCOc1ccc(OCc2nc(C)c(C(=O)O)s2)cc1. The summed E-state index contributed by atoms with van der Waals surface area (Å²) in [6, 6.07) is 7.27. The van der Waals surface area contributed by atoms with Crippen LogP contribution in [0, 0.1) is 6.92 Å². The zero-order valence-corrected chi connectivity index (χ0v) is 12.1. The van der Waals surface area contributed by atoms with E-state index in [1.807, 2.05) is 31.2 Å². The Balaban J connectivity index is 1.98. The van der Waals surface area contributed by atoms with Crippen LogP contribution in [0.1, 0.15) is 27.3 Å². The van der Waals surface area contributed by atoms with Gasteiger partial charge in [0.05, 0.1) is 12.3 Å². The molecule has 0 bridgehead atoms. The van der Waals surface area contributed by atoms with E-state index < -0.39 is 5.97 Å². The van der Waals surface area contributed by atoms with Gasteiger partial charge in [-0.15, -0.1) is 11.3 Å². The van der Waals surface area contributed by atoms with Crippen molar-refractivity contribution in [3.05, 3.63) is 39.8 Å². The molecule has 0 radical (unpaired) electrons. The van der Waals surface area contributed by atoms with Crippen molar-refractivity contribution >= 4 is 17.3 Å². The second-order valence-electron chi connectivity index (χ2n) is 4.02. The second-order valence-corrected chi connectivity index (χ2v) is 5.10. The minimum Gasteiger partial charge on any atom is -0.494 e. The highest BCUT2D eigenvalue weighted by atomic mass is 32.1. The maximum atomic E-state index is 10.9. The predicted octanol–water partition coefficient (Wildman–Crippen LogP) is 3.13. The Hall–Kier alpha value is -2.08. The van der Waals surface area contributed by atoms with E-state index in [0.717, 1.165) is 17.1 Å². The van der Waals surface area contributed by atoms with Crippen LogP contribution in [0.2, 0.25) is 0 Å². The monoisotopic (exact) mass is 293 g/mol. The number of nitrogens with zero attached hydrogens (tertiary/aromatic N) is 1. The van der Waals surface area contributed by atoms with Crippen molar-refractivity contribution in [2.75, 3.05) is 6.61 Å². The highest BCUT2D eigenvalue weighted by Crippen LogP contribution is 2.22. The fraction of sp³-hybridized carbons (Fsp3) is 0.286. The van der Waals surface area contributed by atoms with Gasteiger partial charge in [0.25, 0.3) is 0 Å². The lowest BCUT2D eigenvalue weighted by atomic mass is 10.3. The summed E-state index contributed by atoms with van der Waals surface area (Å²) >= 11 is 1.14. The van der Waals surface area contributed by atoms with Crippen LogP contribution in [0.3, 0.4) is 0 Å². The van der Waals surface area contributed by atoms with Gasteiger partial charge in [-0.2, -0.15) is 0 Å². The first kappa shape index (κ1) is 14.3. The number of carbonyl (C=O) groups is 1. The summed E-state index contributed by atoms with van der Waals surface area (Å²) < 4.78 is 10.9. The lowest BCUT2D eigenvalue weighted by Crippen LogP contribution is -1.95. The molecule has 0 saturated carbocycles. The highest BCUT2D eigenvalue weighted by Gasteiger charge is 2.14. The van der Waals surface area contributed by atoms with Gasteiger partial charge in [0.15, 0.2) is 0 Å². The first-order valence-corrected chi connectivity index (χ1v) is 6.97. The van der Waals surface area contributed by atoms with Crippen LogP contribution in [0.15, 0.2) is 24.3 Å². The van der Waals surface area contributed by atoms with Gasteiger partial charge in [-0.3, -0.25) is 0 Å². The molecule has 0 aliphatic carbocycles. The Bertz CT molecular complexity index is 592. The molecule has 0 aliphatic rings. The Morgan fingerprint density at radius 3 is 2.35 bits per heavy atom. The quantitative estimate of drug-likeness (QED) is 0.886. The predicted molar refractivity (Wildman–Crippen MR) is 75.8 cm³/mol. The van der Waals surface area contributed by atoms with E-state index >= 15 is 0 Å². The third-order valence-electron chi connectivity index (χ3n) is 2.53. The highest BCUT2D eigenvalue weighted by molar-refractivity contribution is 7.13. The fourth-order valence-corrected chi connectivity index (χ4v) is 2.47. The van der Waals surface area contributed by atoms with Crippen molar-refractivity contribution in [1.29, 1.82) is 0 Å². The van der Waals surface area contributed by atoms with Gasteiger partial charge < -0.3 is 14.6 Å². The topological polar surface area (TPSA) is 68.7 Å². The first-order valence-electron chi connectivity index (χ1n) is 6.15. The molecule has 1 N–H and O–H groups in total. The molecule has 0 saturated heterocycles. The van der Waals surface area contributed by atoms with E-state index in [1.165, 1.54) is 0 Å². The second kappa shape index (κ2) is 6.38. The number of rotatable bonds is 6. The molecule has 1 heterocycles. The molecule has 1 aromatic heterocycles. The lowest BCUT2D eigenvalue weighted by Gasteiger charge is -2.06. The molecule has 2 rings (SSSR count). The van der Waals surface area contributed by atoms with Gasteiger partial charge in [0, 0.05) is 0 Å². The van der Waals surface area contributed by atoms with Crippen molar-refractivity contribution in [3.8, 4) is 11.5 Å². The third-order valence-corrected chi connectivity index (χ3v) is 3.65. The van der Waals surface area contributed by atoms with E-state index in [0.29, 0.717) is 23.1 Å². The Morgan fingerprint density at radius 1 is 1.25 bits per heavy atom. The van der Waals surface area contributed by atoms with Crippen LogP contribution < -0.4 is 9.47 Å². The molecule has 2 aromatic rings. The Morgan fingerprint density at radius 2 is 1.85 bits per heavy atom. The first-order chi connectivity index (χ1) is 9.60. The average Bonchev–Trinajstić information content (AvgIpc) is 2.80. The fourth-order valence-electron chi connectivity index (χ4n) is 1.66. The number of aryl methyl sites for hydroxylation is 1. The van der Waals surface area contributed by atoms with Crippen molar-refractivity contribution in [2.24, 2.45) is 0 Å². The number of hydrogen-bond acceptors (Lipinski definition) is 5. The lowest BCUT2D eigenvalue weighted by molar-refractivity contribution is 0.0701. The number of carboxylic acids is 1. The van der Waals surface area contributed by atoms with E-state index in [2.05, 4.69) is 4.98 Å². The van der Waals surface area contributed by atoms with Gasteiger partial charge in [0.1, 0.15) is 28.0 Å². The molecule has 0 fully saturated rings. The van der Waals surface area contributed by atoms with Crippen molar-refractivity contribution in [1.82, 2.24) is 4.98 Å². The van der Waals surface area contributed by atoms with Gasteiger partial charge in [-0.1, -0.05) is 0 Å². The van der Waals surface area contributed by atoms with Crippen LogP contribution in [0.4, 0.5) is 0 Å². The summed E-state index contributed by atoms with van der Waals surface area (Å²) in [5, 5.41) is 9.61. The smallest absolute Gasteiger partial charge is 0.347 e. The normalized spacial score (nSPS) is 10.3. The zero-order chi connectivity index (χ0) is 14.5. The van der Waals surface area contributed by atoms with Crippen LogP contribution >= 0.6 is 11.3 Å². The average molecular weight is 293 g/mol. The van der Waals surface area contributed by atoms with Crippen molar-refractivity contribution < 1.29 is 19.4 Å². The molecule has 0 unspecified atom stereocenters. The zero-order valence-electron chi connectivity index (χ0n) is 11.3.